The summed E-state index contributed by atoms with van der Waals surface area (Å²) in [6.07, 6.45) is -4.63. The third kappa shape index (κ3) is 3.90. The lowest BCUT2D eigenvalue weighted by Crippen LogP contribution is -2.05. The molecule has 3 rings (SSSR count). The molecule has 0 bridgehead atoms. The number of aromatic nitrogens is 2. The number of halogens is 4. The molecule has 0 aliphatic heterocycles. The summed E-state index contributed by atoms with van der Waals surface area (Å²) in [5, 5.41) is 3.28. The van der Waals surface area contributed by atoms with Crippen molar-refractivity contribution in [2.75, 3.05) is 0 Å². The van der Waals surface area contributed by atoms with Gasteiger partial charge in [-0.1, -0.05) is 41.6 Å². The molecular formula is C17H10F4N2O2. The summed E-state index contributed by atoms with van der Waals surface area (Å²) < 4.78 is 54.4. The second-order valence-corrected chi connectivity index (χ2v) is 5.22. The molecule has 0 spiro atoms. The first kappa shape index (κ1) is 16.8. The quantitative estimate of drug-likeness (QED) is 0.519. The van der Waals surface area contributed by atoms with E-state index in [1.54, 1.807) is 0 Å². The van der Waals surface area contributed by atoms with Gasteiger partial charge in [0, 0.05) is 17.5 Å². The van der Waals surface area contributed by atoms with Crippen molar-refractivity contribution >= 4 is 5.78 Å². The van der Waals surface area contributed by atoms with Gasteiger partial charge >= 0.3 is 12.1 Å². The van der Waals surface area contributed by atoms with Gasteiger partial charge in [-0.2, -0.15) is 18.2 Å². The topological polar surface area (TPSA) is 56.0 Å². The minimum absolute atomic E-state index is 0.0834. The number of hydrogen-bond donors (Lipinski definition) is 0. The Bertz CT molecular complexity index is 884. The number of carbonyl (C=O) groups is 1. The van der Waals surface area contributed by atoms with Crippen molar-refractivity contribution < 1.29 is 26.9 Å². The van der Waals surface area contributed by atoms with Crippen molar-refractivity contribution in [2.45, 2.75) is 12.6 Å². The van der Waals surface area contributed by atoms with Crippen molar-refractivity contribution in [2.24, 2.45) is 0 Å². The maximum absolute atomic E-state index is 12.9. The van der Waals surface area contributed by atoms with E-state index in [4.69, 9.17) is 0 Å². The maximum atomic E-state index is 12.9. The van der Waals surface area contributed by atoms with E-state index in [2.05, 4.69) is 14.7 Å². The molecule has 2 aromatic carbocycles. The molecule has 0 radical (unpaired) electrons. The number of alkyl halides is 3. The van der Waals surface area contributed by atoms with Gasteiger partial charge in [0.05, 0.1) is 0 Å². The van der Waals surface area contributed by atoms with Crippen LogP contribution < -0.4 is 0 Å². The first-order chi connectivity index (χ1) is 11.8. The van der Waals surface area contributed by atoms with E-state index in [9.17, 15) is 22.4 Å². The number of nitrogens with zero attached hydrogens (tertiary/aromatic N) is 2. The molecule has 0 aliphatic carbocycles. The van der Waals surface area contributed by atoms with Gasteiger partial charge in [-0.25, -0.2) is 4.39 Å². The van der Waals surface area contributed by atoms with E-state index in [0.29, 0.717) is 11.1 Å². The van der Waals surface area contributed by atoms with Gasteiger partial charge in [0.1, 0.15) is 5.82 Å². The number of benzene rings is 2. The standard InChI is InChI=1S/C17H10F4N2O2/c18-13-7-1-10(2-8-13)9-14(24)11-3-5-12(6-4-11)15-22-16(25-23-15)17(19,20)21/h1-8H,9H2. The molecule has 0 unspecified atom stereocenters. The zero-order chi connectivity index (χ0) is 18.0. The molecule has 0 amide bonds. The highest BCUT2D eigenvalue weighted by atomic mass is 19.4. The van der Waals surface area contributed by atoms with Crippen LogP contribution in [0.25, 0.3) is 11.4 Å². The summed E-state index contributed by atoms with van der Waals surface area (Å²) in [5.74, 6) is -2.25. The summed E-state index contributed by atoms with van der Waals surface area (Å²) in [7, 11) is 0. The average Bonchev–Trinajstić information content (AvgIpc) is 3.07. The van der Waals surface area contributed by atoms with Crippen molar-refractivity contribution in [3.63, 3.8) is 0 Å². The highest BCUT2D eigenvalue weighted by Crippen LogP contribution is 2.29. The summed E-state index contributed by atoms with van der Waals surface area (Å²) in [5.41, 5.74) is 1.31. The number of rotatable bonds is 4. The fourth-order valence-electron chi connectivity index (χ4n) is 2.15. The monoisotopic (exact) mass is 350 g/mol. The Morgan fingerprint density at radius 3 is 2.20 bits per heavy atom. The molecule has 0 aliphatic rings. The molecule has 8 heteroatoms. The molecule has 0 saturated carbocycles. The van der Waals surface area contributed by atoms with Gasteiger partial charge in [0.25, 0.3) is 0 Å². The maximum Gasteiger partial charge on any atom is 0.471 e. The highest BCUT2D eigenvalue weighted by molar-refractivity contribution is 5.97. The predicted molar refractivity (Wildman–Crippen MR) is 79.2 cm³/mol. The molecule has 25 heavy (non-hydrogen) atoms. The summed E-state index contributed by atoms with van der Waals surface area (Å²) in [6.45, 7) is 0. The Kier molecular flexibility index (Phi) is 4.35. The molecule has 3 aromatic rings. The van der Waals surface area contributed by atoms with E-state index < -0.39 is 12.1 Å². The largest absolute Gasteiger partial charge is 0.471 e. The van der Waals surface area contributed by atoms with E-state index >= 15 is 0 Å². The van der Waals surface area contributed by atoms with Crippen molar-refractivity contribution in [1.82, 2.24) is 10.1 Å². The van der Waals surface area contributed by atoms with Crippen molar-refractivity contribution in [3.05, 3.63) is 71.4 Å². The van der Waals surface area contributed by atoms with Gasteiger partial charge in [0.2, 0.25) is 5.82 Å². The number of hydrogen-bond acceptors (Lipinski definition) is 4. The smallest absolute Gasteiger partial charge is 0.329 e. The Balaban J connectivity index is 1.74. The average molecular weight is 350 g/mol. The third-order valence-electron chi connectivity index (χ3n) is 3.41. The lowest BCUT2D eigenvalue weighted by atomic mass is 10.0. The summed E-state index contributed by atoms with van der Waals surface area (Å²) in [4.78, 5) is 15.5. The van der Waals surface area contributed by atoms with E-state index in [0.717, 1.165) is 0 Å². The molecule has 1 aromatic heterocycles. The van der Waals surface area contributed by atoms with Crippen LogP contribution in [0.1, 0.15) is 21.8 Å². The Hall–Kier alpha value is -3.03. The first-order valence-electron chi connectivity index (χ1n) is 7.12. The van der Waals surface area contributed by atoms with Crippen LogP contribution in [0.4, 0.5) is 17.6 Å². The lowest BCUT2D eigenvalue weighted by Gasteiger charge is -2.03. The molecule has 1 heterocycles. The minimum atomic E-state index is -4.71. The minimum Gasteiger partial charge on any atom is -0.329 e. The highest BCUT2D eigenvalue weighted by Gasteiger charge is 2.38. The number of carbonyl (C=O) groups excluding carboxylic acids is 1. The molecule has 128 valence electrons. The first-order valence-corrected chi connectivity index (χ1v) is 7.12. The number of ketones is 1. The number of Topliss-reactive ketones (excluding diaryl/α,β-unsaturated/α-hetero) is 1. The Labute approximate surface area is 139 Å². The Morgan fingerprint density at radius 2 is 1.64 bits per heavy atom. The van der Waals surface area contributed by atoms with Gasteiger partial charge in [0.15, 0.2) is 5.78 Å². The second kappa shape index (κ2) is 6.46. The van der Waals surface area contributed by atoms with Crippen LogP contribution in [0, 0.1) is 5.82 Å². The molecule has 4 nitrogen and oxygen atoms in total. The van der Waals surface area contributed by atoms with Crippen LogP contribution in [0.2, 0.25) is 0 Å². The van der Waals surface area contributed by atoms with Gasteiger partial charge in [-0.3, -0.25) is 4.79 Å². The van der Waals surface area contributed by atoms with Gasteiger partial charge in [-0.05, 0) is 17.7 Å². The fraction of sp³-hybridized carbons (Fsp3) is 0.118. The van der Waals surface area contributed by atoms with Crippen LogP contribution >= 0.6 is 0 Å². The normalized spacial score (nSPS) is 11.5. The molecular weight excluding hydrogens is 340 g/mol. The van der Waals surface area contributed by atoms with Crippen molar-refractivity contribution in [3.8, 4) is 11.4 Å². The molecule has 0 N–H and O–H groups in total. The van der Waals surface area contributed by atoms with E-state index in [1.165, 1.54) is 48.5 Å². The van der Waals surface area contributed by atoms with Crippen LogP contribution in [0.5, 0.6) is 0 Å². The molecule has 0 saturated heterocycles. The van der Waals surface area contributed by atoms with Crippen LogP contribution in [0.3, 0.4) is 0 Å². The SMILES string of the molecule is O=C(Cc1ccc(F)cc1)c1ccc(-c2noc(C(F)(F)F)n2)cc1. The summed E-state index contributed by atoms with van der Waals surface area (Å²) in [6, 6.07) is 11.3. The zero-order valence-electron chi connectivity index (χ0n) is 12.5. The van der Waals surface area contributed by atoms with E-state index in [-0.39, 0.29) is 29.4 Å². The predicted octanol–water partition coefficient (Wildman–Crippen LogP) is 4.32. The van der Waals surface area contributed by atoms with E-state index in [1.807, 2.05) is 0 Å². The lowest BCUT2D eigenvalue weighted by molar-refractivity contribution is -0.159. The van der Waals surface area contributed by atoms with Crippen molar-refractivity contribution in [1.29, 1.82) is 0 Å². The third-order valence-corrected chi connectivity index (χ3v) is 3.41. The summed E-state index contributed by atoms with van der Waals surface area (Å²) >= 11 is 0. The van der Waals surface area contributed by atoms with Crippen LogP contribution in [-0.2, 0) is 12.6 Å². The van der Waals surface area contributed by atoms with Gasteiger partial charge in [-0.15, -0.1) is 0 Å². The van der Waals surface area contributed by atoms with Gasteiger partial charge < -0.3 is 4.52 Å². The second-order valence-electron chi connectivity index (χ2n) is 5.22. The molecule has 0 atom stereocenters. The zero-order valence-corrected chi connectivity index (χ0v) is 12.5. The molecule has 0 fully saturated rings. The van der Waals surface area contributed by atoms with Crippen LogP contribution in [0.15, 0.2) is 53.1 Å². The Morgan fingerprint density at radius 1 is 1.00 bits per heavy atom. The fourth-order valence-corrected chi connectivity index (χ4v) is 2.15. The van der Waals surface area contributed by atoms with Crippen LogP contribution in [-0.4, -0.2) is 15.9 Å².